The van der Waals surface area contributed by atoms with Crippen LogP contribution in [0.5, 0.6) is 5.75 Å². The molecule has 0 saturated heterocycles. The summed E-state index contributed by atoms with van der Waals surface area (Å²) in [5, 5.41) is 12.1. The predicted octanol–water partition coefficient (Wildman–Crippen LogP) is 2.24. The van der Waals surface area contributed by atoms with Crippen LogP contribution >= 0.6 is 11.6 Å². The van der Waals surface area contributed by atoms with Crippen LogP contribution in [0, 0.1) is 0 Å². The topological polar surface area (TPSA) is 71.5 Å². The van der Waals surface area contributed by atoms with Gasteiger partial charge in [-0.3, -0.25) is 9.78 Å². The highest BCUT2D eigenvalue weighted by atomic mass is 35.5. The number of rotatable bonds is 5. The molecule has 2 N–H and O–H groups in total. The number of hydrogen-bond acceptors (Lipinski definition) is 4. The van der Waals surface area contributed by atoms with Gasteiger partial charge in [0.05, 0.1) is 18.5 Å². The Morgan fingerprint density at radius 3 is 2.60 bits per heavy atom. The lowest BCUT2D eigenvalue weighted by Gasteiger charge is -2.07. The Labute approximate surface area is 121 Å². The molecule has 0 spiro atoms. The number of carbonyl (C=O) groups excluding carboxylic acids is 1. The number of anilines is 1. The van der Waals surface area contributed by atoms with Crippen molar-refractivity contribution in [3.05, 3.63) is 53.3 Å². The van der Waals surface area contributed by atoms with Crippen LogP contribution in [0.15, 0.2) is 42.6 Å². The molecular weight excluding hydrogens is 280 g/mol. The Hall–Kier alpha value is -2.11. The fourth-order valence-corrected chi connectivity index (χ4v) is 1.59. The Balaban J connectivity index is 1.83. The minimum absolute atomic E-state index is 0.122. The summed E-state index contributed by atoms with van der Waals surface area (Å²) in [5.74, 6) is 0.187. The van der Waals surface area contributed by atoms with E-state index in [1.54, 1.807) is 36.4 Å². The maximum absolute atomic E-state index is 11.7. The molecule has 1 heterocycles. The second kappa shape index (κ2) is 6.88. The first-order valence-corrected chi connectivity index (χ1v) is 6.29. The molecule has 0 aliphatic heterocycles. The number of nitrogens with zero attached hydrogens (tertiary/aromatic N) is 1. The average Bonchev–Trinajstić information content (AvgIpc) is 2.48. The van der Waals surface area contributed by atoms with E-state index in [1.165, 1.54) is 6.20 Å². The molecule has 1 aromatic carbocycles. The fraction of sp³-hybridized carbons (Fsp3) is 0.143. The third-order valence-corrected chi connectivity index (χ3v) is 2.71. The van der Waals surface area contributed by atoms with Gasteiger partial charge in [-0.2, -0.15) is 0 Å². The van der Waals surface area contributed by atoms with Gasteiger partial charge in [-0.15, -0.1) is 0 Å². The standard InChI is InChI=1S/C14H13ClN2O3/c15-10-1-3-11(4-2-10)17-14(19)9-20-13-6-5-12(8-18)16-7-13/h1-7,18H,8-9H2,(H,17,19). The van der Waals surface area contributed by atoms with E-state index in [9.17, 15) is 4.79 Å². The van der Waals surface area contributed by atoms with E-state index in [2.05, 4.69) is 10.3 Å². The maximum atomic E-state index is 11.7. The van der Waals surface area contributed by atoms with Crippen molar-refractivity contribution in [1.82, 2.24) is 4.98 Å². The van der Waals surface area contributed by atoms with Crippen LogP contribution in [0.2, 0.25) is 5.02 Å². The molecule has 104 valence electrons. The molecule has 0 bridgehead atoms. The van der Waals surface area contributed by atoms with E-state index in [0.717, 1.165) is 0 Å². The average molecular weight is 293 g/mol. The maximum Gasteiger partial charge on any atom is 0.262 e. The molecule has 1 aromatic heterocycles. The summed E-state index contributed by atoms with van der Waals surface area (Å²) >= 11 is 5.75. The van der Waals surface area contributed by atoms with Crippen molar-refractivity contribution in [2.75, 3.05) is 11.9 Å². The first-order valence-electron chi connectivity index (χ1n) is 5.91. The Morgan fingerprint density at radius 2 is 2.00 bits per heavy atom. The van der Waals surface area contributed by atoms with Gasteiger partial charge in [0.15, 0.2) is 6.61 Å². The van der Waals surface area contributed by atoms with Crippen molar-refractivity contribution >= 4 is 23.2 Å². The van der Waals surface area contributed by atoms with Crippen LogP contribution in [-0.2, 0) is 11.4 Å². The number of ether oxygens (including phenoxy) is 1. The van der Waals surface area contributed by atoms with E-state index in [1.807, 2.05) is 0 Å². The molecule has 0 radical (unpaired) electrons. The minimum Gasteiger partial charge on any atom is -0.482 e. The summed E-state index contributed by atoms with van der Waals surface area (Å²) in [4.78, 5) is 15.6. The largest absolute Gasteiger partial charge is 0.482 e. The first kappa shape index (κ1) is 14.3. The third kappa shape index (κ3) is 4.22. The van der Waals surface area contributed by atoms with Gasteiger partial charge >= 0.3 is 0 Å². The van der Waals surface area contributed by atoms with Crippen molar-refractivity contribution in [3.63, 3.8) is 0 Å². The molecule has 0 unspecified atom stereocenters. The number of halogens is 1. The molecule has 20 heavy (non-hydrogen) atoms. The van der Waals surface area contributed by atoms with Gasteiger partial charge < -0.3 is 15.2 Å². The van der Waals surface area contributed by atoms with Gasteiger partial charge in [0.2, 0.25) is 0 Å². The molecule has 1 amide bonds. The lowest BCUT2D eigenvalue weighted by molar-refractivity contribution is -0.118. The molecule has 0 fully saturated rings. The van der Waals surface area contributed by atoms with Crippen LogP contribution in [0.1, 0.15) is 5.69 Å². The normalized spacial score (nSPS) is 10.1. The van der Waals surface area contributed by atoms with Crippen LogP contribution in [0.4, 0.5) is 5.69 Å². The summed E-state index contributed by atoms with van der Waals surface area (Å²) in [7, 11) is 0. The molecule has 0 aliphatic carbocycles. The van der Waals surface area contributed by atoms with E-state index >= 15 is 0 Å². The van der Waals surface area contributed by atoms with Crippen LogP contribution < -0.4 is 10.1 Å². The monoisotopic (exact) mass is 292 g/mol. The van der Waals surface area contributed by atoms with Crippen LogP contribution in [0.3, 0.4) is 0 Å². The van der Waals surface area contributed by atoms with Crippen LogP contribution in [0.25, 0.3) is 0 Å². The zero-order valence-corrected chi connectivity index (χ0v) is 11.3. The van der Waals surface area contributed by atoms with E-state index < -0.39 is 0 Å². The molecular formula is C14H13ClN2O3. The smallest absolute Gasteiger partial charge is 0.262 e. The van der Waals surface area contributed by atoms with Gasteiger partial charge in [0.1, 0.15) is 5.75 Å². The number of amides is 1. The predicted molar refractivity (Wildman–Crippen MR) is 75.7 cm³/mol. The minimum atomic E-state index is -0.279. The SMILES string of the molecule is O=C(COc1ccc(CO)nc1)Nc1ccc(Cl)cc1. The summed E-state index contributed by atoms with van der Waals surface area (Å²) in [6, 6.07) is 10.1. The second-order valence-corrected chi connectivity index (χ2v) is 4.42. The summed E-state index contributed by atoms with van der Waals surface area (Å²) in [5.41, 5.74) is 1.19. The lowest BCUT2D eigenvalue weighted by atomic mass is 10.3. The number of benzene rings is 1. The number of pyridine rings is 1. The quantitative estimate of drug-likeness (QED) is 0.886. The highest BCUT2D eigenvalue weighted by molar-refractivity contribution is 6.30. The Morgan fingerprint density at radius 1 is 1.25 bits per heavy atom. The van der Waals surface area contributed by atoms with Gasteiger partial charge in [-0.25, -0.2) is 0 Å². The first-order chi connectivity index (χ1) is 9.67. The summed E-state index contributed by atoms with van der Waals surface area (Å²) < 4.78 is 5.28. The molecule has 2 aromatic rings. The zero-order valence-electron chi connectivity index (χ0n) is 10.5. The van der Waals surface area contributed by atoms with E-state index in [-0.39, 0.29) is 19.1 Å². The number of hydrogen-bond donors (Lipinski definition) is 2. The van der Waals surface area contributed by atoms with E-state index in [4.69, 9.17) is 21.4 Å². The second-order valence-electron chi connectivity index (χ2n) is 3.99. The van der Waals surface area contributed by atoms with Gasteiger partial charge in [0.25, 0.3) is 5.91 Å². The number of aliphatic hydroxyl groups excluding tert-OH is 1. The van der Waals surface area contributed by atoms with Gasteiger partial charge in [-0.1, -0.05) is 11.6 Å². The van der Waals surface area contributed by atoms with Crippen molar-refractivity contribution < 1.29 is 14.6 Å². The summed E-state index contributed by atoms with van der Waals surface area (Å²) in [6.07, 6.45) is 1.46. The molecule has 0 aliphatic rings. The molecule has 0 atom stereocenters. The Bertz CT molecular complexity index is 570. The molecule has 2 rings (SSSR count). The molecule has 6 heteroatoms. The van der Waals surface area contributed by atoms with Crippen molar-refractivity contribution in [2.45, 2.75) is 6.61 Å². The van der Waals surface area contributed by atoms with Crippen LogP contribution in [-0.4, -0.2) is 22.6 Å². The fourth-order valence-electron chi connectivity index (χ4n) is 1.47. The number of nitrogens with one attached hydrogen (secondary N) is 1. The van der Waals surface area contributed by atoms with E-state index in [0.29, 0.717) is 22.2 Å². The third-order valence-electron chi connectivity index (χ3n) is 2.46. The summed E-state index contributed by atoms with van der Waals surface area (Å²) in [6.45, 7) is -0.250. The molecule has 0 saturated carbocycles. The van der Waals surface area contributed by atoms with Crippen molar-refractivity contribution in [1.29, 1.82) is 0 Å². The number of aromatic nitrogens is 1. The van der Waals surface area contributed by atoms with Gasteiger partial charge in [0, 0.05) is 10.7 Å². The lowest BCUT2D eigenvalue weighted by Crippen LogP contribution is -2.20. The number of aliphatic hydroxyl groups is 1. The van der Waals surface area contributed by atoms with Crippen molar-refractivity contribution in [2.24, 2.45) is 0 Å². The Kier molecular flexibility index (Phi) is 4.92. The van der Waals surface area contributed by atoms with Gasteiger partial charge in [-0.05, 0) is 36.4 Å². The van der Waals surface area contributed by atoms with Crippen molar-refractivity contribution in [3.8, 4) is 5.75 Å². The zero-order chi connectivity index (χ0) is 14.4. The highest BCUT2D eigenvalue weighted by Gasteiger charge is 2.04. The highest BCUT2D eigenvalue weighted by Crippen LogP contribution is 2.13. The molecule has 5 nitrogen and oxygen atoms in total. The number of carbonyl (C=O) groups is 1.